The highest BCUT2D eigenvalue weighted by Crippen LogP contribution is 2.37. The van der Waals surface area contributed by atoms with Gasteiger partial charge in [0.1, 0.15) is 18.1 Å². The van der Waals surface area contributed by atoms with Gasteiger partial charge in [-0.25, -0.2) is 13.1 Å². The summed E-state index contributed by atoms with van der Waals surface area (Å²) in [4.78, 5) is -0.0353. The van der Waals surface area contributed by atoms with Crippen LogP contribution in [0.4, 0.5) is 0 Å². The van der Waals surface area contributed by atoms with E-state index >= 15 is 0 Å². The van der Waals surface area contributed by atoms with Gasteiger partial charge in [-0.15, -0.1) is 12.4 Å². The van der Waals surface area contributed by atoms with Crippen molar-refractivity contribution in [3.8, 4) is 11.5 Å². The highest BCUT2D eigenvalue weighted by molar-refractivity contribution is 7.89. The van der Waals surface area contributed by atoms with Crippen molar-refractivity contribution in [1.29, 1.82) is 0 Å². The number of nitrogens with two attached hydrogens (primary N) is 1. The van der Waals surface area contributed by atoms with Crippen LogP contribution < -0.4 is 19.9 Å². The van der Waals surface area contributed by atoms with E-state index in [1.165, 1.54) is 12.1 Å². The van der Waals surface area contributed by atoms with Gasteiger partial charge in [-0.3, -0.25) is 0 Å². The number of benzene rings is 1. The van der Waals surface area contributed by atoms with Crippen LogP contribution in [0, 0.1) is 5.92 Å². The summed E-state index contributed by atoms with van der Waals surface area (Å²) >= 11 is 6.14. The highest BCUT2D eigenvalue weighted by Gasteiger charge is 2.32. The van der Waals surface area contributed by atoms with E-state index in [4.69, 9.17) is 26.8 Å². The molecule has 24 heavy (non-hydrogen) atoms. The fraction of sp³-hybridized carbons (Fsp3) is 0.600. The van der Waals surface area contributed by atoms with Gasteiger partial charge in [-0.1, -0.05) is 25.4 Å². The average molecular weight is 399 g/mol. The maximum atomic E-state index is 12.7. The molecule has 1 heterocycles. The molecule has 1 atom stereocenters. The molecule has 1 aromatic carbocycles. The zero-order chi connectivity index (χ0) is 17.3. The number of nitrogens with one attached hydrogen (secondary N) is 1. The molecule has 3 N–H and O–H groups in total. The molecule has 1 aliphatic rings. The van der Waals surface area contributed by atoms with Crippen LogP contribution in [0.25, 0.3) is 0 Å². The molecule has 0 aromatic heterocycles. The molecule has 9 heteroatoms. The van der Waals surface area contributed by atoms with Gasteiger partial charge < -0.3 is 15.2 Å². The van der Waals surface area contributed by atoms with Crippen molar-refractivity contribution in [3.63, 3.8) is 0 Å². The molecule has 6 nitrogen and oxygen atoms in total. The Morgan fingerprint density at radius 2 is 1.83 bits per heavy atom. The first-order valence-corrected chi connectivity index (χ1v) is 9.36. The third kappa shape index (κ3) is 4.89. The molecule has 0 spiro atoms. The summed E-state index contributed by atoms with van der Waals surface area (Å²) in [5, 5.41) is 0.0886. The molecular weight excluding hydrogens is 375 g/mol. The van der Waals surface area contributed by atoms with Crippen LogP contribution in [0.3, 0.4) is 0 Å². The quantitative estimate of drug-likeness (QED) is 0.767. The minimum Gasteiger partial charge on any atom is -0.486 e. The standard InChI is InChI=1S/C15H23ClN2O4S.ClH/c1-10(2)8-15(3,9-17)18-23(19,20)14-7-13-12(6-11(14)16)21-4-5-22-13;/h6-7,10,18H,4-5,8-9,17H2,1-3H3;1H. The topological polar surface area (TPSA) is 90.7 Å². The number of ether oxygens (including phenoxy) is 2. The van der Waals surface area contributed by atoms with Crippen LogP contribution in [0.15, 0.2) is 17.0 Å². The minimum absolute atomic E-state index is 0. The average Bonchev–Trinajstić information content (AvgIpc) is 2.44. The Labute approximate surface area is 154 Å². The van der Waals surface area contributed by atoms with Crippen molar-refractivity contribution < 1.29 is 17.9 Å². The second-order valence-corrected chi connectivity index (χ2v) is 8.45. The van der Waals surface area contributed by atoms with E-state index < -0.39 is 15.6 Å². The van der Waals surface area contributed by atoms with Crippen molar-refractivity contribution in [2.45, 2.75) is 37.6 Å². The van der Waals surface area contributed by atoms with Crippen molar-refractivity contribution in [2.24, 2.45) is 11.7 Å². The lowest BCUT2D eigenvalue weighted by Gasteiger charge is -2.31. The van der Waals surface area contributed by atoms with E-state index in [0.29, 0.717) is 37.1 Å². The van der Waals surface area contributed by atoms with Gasteiger partial charge in [0.2, 0.25) is 10.0 Å². The van der Waals surface area contributed by atoms with Gasteiger partial charge in [0.05, 0.1) is 5.02 Å². The Balaban J connectivity index is 0.00000288. The van der Waals surface area contributed by atoms with Gasteiger partial charge in [-0.05, 0) is 19.3 Å². The smallest absolute Gasteiger partial charge is 0.242 e. The van der Waals surface area contributed by atoms with Crippen molar-refractivity contribution in [3.05, 3.63) is 17.2 Å². The van der Waals surface area contributed by atoms with Crippen LogP contribution >= 0.6 is 24.0 Å². The highest BCUT2D eigenvalue weighted by atomic mass is 35.5. The van der Waals surface area contributed by atoms with Crippen LogP contribution in [0.2, 0.25) is 5.02 Å². The van der Waals surface area contributed by atoms with Gasteiger partial charge in [-0.2, -0.15) is 0 Å². The second-order valence-electron chi connectivity index (χ2n) is 6.39. The summed E-state index contributed by atoms with van der Waals surface area (Å²) in [6.07, 6.45) is 0.616. The first-order chi connectivity index (χ1) is 10.7. The van der Waals surface area contributed by atoms with Crippen molar-refractivity contribution in [2.75, 3.05) is 19.8 Å². The van der Waals surface area contributed by atoms with Crippen LogP contribution in [0.1, 0.15) is 27.2 Å². The maximum Gasteiger partial charge on any atom is 0.242 e. The normalized spacial score (nSPS) is 16.4. The Kier molecular flexibility index (Phi) is 7.19. The Morgan fingerprint density at radius 3 is 2.33 bits per heavy atom. The van der Waals surface area contributed by atoms with E-state index in [-0.39, 0.29) is 28.9 Å². The molecule has 0 saturated carbocycles. The zero-order valence-electron chi connectivity index (χ0n) is 14.0. The molecule has 1 aliphatic heterocycles. The summed E-state index contributed by atoms with van der Waals surface area (Å²) in [5.74, 6) is 1.12. The molecule has 0 bridgehead atoms. The van der Waals surface area contributed by atoms with E-state index in [0.717, 1.165) is 0 Å². The number of sulfonamides is 1. The first-order valence-electron chi connectivity index (χ1n) is 7.50. The second kappa shape index (κ2) is 8.10. The summed E-state index contributed by atoms with van der Waals surface area (Å²) in [6.45, 7) is 6.78. The fourth-order valence-corrected chi connectivity index (χ4v) is 4.66. The Hall–Kier alpha value is -0.730. The van der Waals surface area contributed by atoms with E-state index in [2.05, 4.69) is 4.72 Å². The van der Waals surface area contributed by atoms with E-state index in [9.17, 15) is 8.42 Å². The summed E-state index contributed by atoms with van der Waals surface area (Å²) < 4.78 is 39.0. The lowest BCUT2D eigenvalue weighted by Crippen LogP contribution is -2.52. The van der Waals surface area contributed by atoms with Gasteiger partial charge >= 0.3 is 0 Å². The molecule has 1 unspecified atom stereocenters. The molecule has 2 rings (SSSR count). The summed E-state index contributed by atoms with van der Waals surface area (Å²) in [5.41, 5.74) is 5.04. The molecule has 1 aromatic rings. The first kappa shape index (κ1) is 21.3. The molecule has 0 fully saturated rings. The number of rotatable bonds is 6. The fourth-order valence-electron chi connectivity index (χ4n) is 2.70. The number of halogens is 2. The predicted molar refractivity (Wildman–Crippen MR) is 96.9 cm³/mol. The lowest BCUT2D eigenvalue weighted by molar-refractivity contribution is 0.171. The van der Waals surface area contributed by atoms with Crippen molar-refractivity contribution >= 4 is 34.0 Å². The number of fused-ring (bicyclic) bond motifs is 1. The molecule has 0 aliphatic carbocycles. The minimum atomic E-state index is -3.84. The van der Waals surface area contributed by atoms with Crippen LogP contribution in [-0.2, 0) is 10.0 Å². The van der Waals surface area contributed by atoms with Crippen LogP contribution in [-0.4, -0.2) is 33.7 Å². The third-order valence-corrected chi connectivity index (χ3v) is 5.68. The monoisotopic (exact) mass is 398 g/mol. The SMILES string of the molecule is CC(C)CC(C)(CN)NS(=O)(=O)c1cc2c(cc1Cl)OCCO2.Cl. The van der Waals surface area contributed by atoms with Crippen molar-refractivity contribution in [1.82, 2.24) is 4.72 Å². The number of hydrogen-bond donors (Lipinski definition) is 2. The van der Waals surface area contributed by atoms with Gasteiger partial charge in [0.25, 0.3) is 0 Å². The Morgan fingerprint density at radius 1 is 1.29 bits per heavy atom. The molecule has 0 amide bonds. The number of hydrogen-bond acceptors (Lipinski definition) is 5. The predicted octanol–water partition coefficient (Wildman–Crippen LogP) is 2.57. The van der Waals surface area contributed by atoms with E-state index in [1.54, 1.807) is 6.92 Å². The van der Waals surface area contributed by atoms with Crippen LogP contribution in [0.5, 0.6) is 11.5 Å². The molecule has 0 radical (unpaired) electrons. The molecule has 0 saturated heterocycles. The zero-order valence-corrected chi connectivity index (χ0v) is 16.4. The summed E-state index contributed by atoms with van der Waals surface area (Å²) in [7, 11) is -3.84. The molecular formula is C15H24Cl2N2O4S. The largest absolute Gasteiger partial charge is 0.486 e. The Bertz CT molecular complexity index is 682. The maximum absolute atomic E-state index is 12.7. The molecule has 138 valence electrons. The van der Waals surface area contributed by atoms with E-state index in [1.807, 2.05) is 13.8 Å². The van der Waals surface area contributed by atoms with Gasteiger partial charge in [0.15, 0.2) is 11.5 Å². The van der Waals surface area contributed by atoms with Gasteiger partial charge in [0, 0.05) is 24.2 Å². The third-order valence-electron chi connectivity index (χ3n) is 3.58. The lowest BCUT2D eigenvalue weighted by atomic mass is 9.92. The summed E-state index contributed by atoms with van der Waals surface area (Å²) in [6, 6.07) is 2.86.